The van der Waals surface area contributed by atoms with Crippen molar-refractivity contribution in [3.05, 3.63) is 0 Å². The summed E-state index contributed by atoms with van der Waals surface area (Å²) in [5, 5.41) is 0. The van der Waals surface area contributed by atoms with E-state index in [9.17, 15) is 4.79 Å². The highest BCUT2D eigenvalue weighted by Gasteiger charge is 2.19. The molecule has 1 aliphatic heterocycles. The Kier molecular flexibility index (Phi) is 2.65. The van der Waals surface area contributed by atoms with E-state index < -0.39 is 0 Å². The van der Waals surface area contributed by atoms with E-state index in [2.05, 4.69) is 0 Å². The Morgan fingerprint density at radius 3 is 2.90 bits per heavy atom. The van der Waals surface area contributed by atoms with Crippen LogP contribution in [0.5, 0.6) is 0 Å². The summed E-state index contributed by atoms with van der Waals surface area (Å²) in [5.41, 5.74) is 5.00. The molecule has 0 aromatic carbocycles. The van der Waals surface area contributed by atoms with Gasteiger partial charge in [0.15, 0.2) is 0 Å². The first-order chi connectivity index (χ1) is 4.83. The van der Waals surface area contributed by atoms with Gasteiger partial charge in [0.1, 0.15) is 6.61 Å². The minimum Gasteiger partial charge on any atom is -0.462 e. The molecule has 0 amide bonds. The van der Waals surface area contributed by atoms with Crippen LogP contribution in [-0.4, -0.2) is 31.8 Å². The Hall–Kier alpha value is -0.610. The van der Waals surface area contributed by atoms with Crippen LogP contribution in [-0.2, 0) is 14.3 Å². The van der Waals surface area contributed by atoms with E-state index >= 15 is 0 Å². The van der Waals surface area contributed by atoms with Gasteiger partial charge in [-0.2, -0.15) is 0 Å². The van der Waals surface area contributed by atoms with Gasteiger partial charge in [0.25, 0.3) is 0 Å². The highest BCUT2D eigenvalue weighted by molar-refractivity contribution is 5.71. The van der Waals surface area contributed by atoms with E-state index in [-0.39, 0.29) is 18.6 Å². The minimum absolute atomic E-state index is 0.0489. The molecule has 1 aliphatic rings. The van der Waals surface area contributed by atoms with Crippen molar-refractivity contribution in [2.45, 2.75) is 12.5 Å². The second kappa shape index (κ2) is 3.53. The summed E-state index contributed by atoms with van der Waals surface area (Å²) in [6, 6.07) is 0. The molecule has 0 bridgehead atoms. The lowest BCUT2D eigenvalue weighted by Gasteiger charge is -2.25. The summed E-state index contributed by atoms with van der Waals surface area (Å²) < 4.78 is 9.71. The number of carbonyl (C=O) groups is 1. The molecule has 1 unspecified atom stereocenters. The van der Waals surface area contributed by atoms with Crippen LogP contribution in [0, 0.1) is 0 Å². The molecular weight excluding hydrogens is 134 g/mol. The van der Waals surface area contributed by atoms with Crippen molar-refractivity contribution in [1.29, 1.82) is 0 Å². The van der Waals surface area contributed by atoms with Crippen molar-refractivity contribution in [2.24, 2.45) is 5.73 Å². The number of rotatable bonds is 3. The molecule has 1 saturated heterocycles. The minimum atomic E-state index is -0.365. The van der Waals surface area contributed by atoms with Crippen molar-refractivity contribution in [3.63, 3.8) is 0 Å². The van der Waals surface area contributed by atoms with E-state index in [0.717, 1.165) is 13.0 Å². The monoisotopic (exact) mass is 145 g/mol. The Bertz CT molecular complexity index is 122. The molecule has 1 atom stereocenters. The second-order valence-corrected chi connectivity index (χ2v) is 2.17. The van der Waals surface area contributed by atoms with Crippen molar-refractivity contribution >= 4 is 5.97 Å². The first-order valence-electron chi connectivity index (χ1n) is 3.30. The molecule has 58 valence electrons. The summed E-state index contributed by atoms with van der Waals surface area (Å²) in [6.45, 7) is 1.09. The van der Waals surface area contributed by atoms with Crippen LogP contribution in [0.3, 0.4) is 0 Å². The van der Waals surface area contributed by atoms with Gasteiger partial charge in [-0.3, -0.25) is 4.79 Å². The zero-order valence-corrected chi connectivity index (χ0v) is 5.71. The molecule has 0 aromatic rings. The number of nitrogens with two attached hydrogens (primary N) is 1. The van der Waals surface area contributed by atoms with Gasteiger partial charge in [0.2, 0.25) is 0 Å². The third-order valence-corrected chi connectivity index (χ3v) is 1.39. The number of hydrogen-bond acceptors (Lipinski definition) is 4. The number of esters is 1. The average Bonchev–Trinajstić information content (AvgIpc) is 1.84. The molecule has 0 saturated carbocycles. The molecule has 0 radical (unpaired) electrons. The summed E-state index contributed by atoms with van der Waals surface area (Å²) in [6.07, 6.45) is 1.10. The maximum Gasteiger partial charge on any atom is 0.319 e. The fraction of sp³-hybridized carbons (Fsp3) is 0.833. The van der Waals surface area contributed by atoms with Crippen LogP contribution in [0.1, 0.15) is 6.42 Å². The second-order valence-electron chi connectivity index (χ2n) is 2.17. The Balaban J connectivity index is 1.98. The average molecular weight is 145 g/mol. The van der Waals surface area contributed by atoms with Gasteiger partial charge < -0.3 is 15.2 Å². The zero-order valence-electron chi connectivity index (χ0n) is 5.71. The lowest BCUT2D eigenvalue weighted by atomic mass is 10.2. The van der Waals surface area contributed by atoms with Crippen LogP contribution in [0.4, 0.5) is 0 Å². The lowest BCUT2D eigenvalue weighted by molar-refractivity contribution is -0.152. The summed E-state index contributed by atoms with van der Waals surface area (Å²) in [5.74, 6) is -0.365. The van der Waals surface area contributed by atoms with E-state index in [4.69, 9.17) is 15.2 Å². The fourth-order valence-electron chi connectivity index (χ4n) is 0.661. The summed E-state index contributed by atoms with van der Waals surface area (Å²) in [4.78, 5) is 10.5. The van der Waals surface area contributed by atoms with E-state index in [1.165, 1.54) is 0 Å². The largest absolute Gasteiger partial charge is 0.462 e. The molecule has 2 N–H and O–H groups in total. The third-order valence-electron chi connectivity index (χ3n) is 1.39. The van der Waals surface area contributed by atoms with Gasteiger partial charge in [-0.05, 0) is 0 Å². The molecule has 4 heteroatoms. The van der Waals surface area contributed by atoms with Gasteiger partial charge in [0, 0.05) is 13.0 Å². The lowest BCUT2D eigenvalue weighted by Crippen LogP contribution is -2.33. The molecule has 0 aromatic heterocycles. The molecule has 0 spiro atoms. The molecule has 4 nitrogen and oxygen atoms in total. The highest BCUT2D eigenvalue weighted by atomic mass is 16.6. The third kappa shape index (κ3) is 1.97. The molecule has 1 heterocycles. The van der Waals surface area contributed by atoms with Crippen LogP contribution >= 0.6 is 0 Å². The predicted octanol–water partition coefficient (Wildman–Crippen LogP) is -0.723. The number of ether oxygens (including phenoxy) is 2. The molecule has 10 heavy (non-hydrogen) atoms. The first kappa shape index (κ1) is 7.50. The van der Waals surface area contributed by atoms with Gasteiger partial charge in [0.05, 0.1) is 12.6 Å². The highest BCUT2D eigenvalue weighted by Crippen LogP contribution is 2.10. The Labute approximate surface area is 59.3 Å². The van der Waals surface area contributed by atoms with E-state index in [1.807, 2.05) is 0 Å². The zero-order chi connectivity index (χ0) is 7.40. The molecule has 1 fully saturated rings. The van der Waals surface area contributed by atoms with E-state index in [0.29, 0.717) is 6.61 Å². The molecule has 0 aliphatic carbocycles. The summed E-state index contributed by atoms with van der Waals surface area (Å²) in [7, 11) is 0. The Morgan fingerprint density at radius 1 is 1.80 bits per heavy atom. The van der Waals surface area contributed by atoms with Gasteiger partial charge in [-0.15, -0.1) is 0 Å². The van der Waals surface area contributed by atoms with Crippen LogP contribution < -0.4 is 5.73 Å². The normalized spacial score (nSPS) is 23.5. The number of carbonyl (C=O) groups excluding carboxylic acids is 1. The number of hydrogen-bond donors (Lipinski definition) is 1. The first-order valence-corrected chi connectivity index (χ1v) is 3.30. The van der Waals surface area contributed by atoms with Crippen LogP contribution in [0.15, 0.2) is 0 Å². The predicted molar refractivity (Wildman–Crippen MR) is 34.4 cm³/mol. The van der Waals surface area contributed by atoms with Gasteiger partial charge in [-0.1, -0.05) is 0 Å². The van der Waals surface area contributed by atoms with Crippen molar-refractivity contribution in [3.8, 4) is 0 Å². The van der Waals surface area contributed by atoms with Crippen molar-refractivity contribution in [1.82, 2.24) is 0 Å². The smallest absolute Gasteiger partial charge is 0.319 e. The molecule has 1 rings (SSSR count). The van der Waals surface area contributed by atoms with Crippen molar-refractivity contribution in [2.75, 3.05) is 19.8 Å². The quantitative estimate of drug-likeness (QED) is 0.532. The van der Waals surface area contributed by atoms with Crippen LogP contribution in [0.25, 0.3) is 0 Å². The fourth-order valence-corrected chi connectivity index (χ4v) is 0.661. The topological polar surface area (TPSA) is 61.6 Å². The SMILES string of the molecule is NCC(=O)OCC1CCO1. The van der Waals surface area contributed by atoms with Gasteiger partial charge in [-0.25, -0.2) is 0 Å². The van der Waals surface area contributed by atoms with Gasteiger partial charge >= 0.3 is 5.97 Å². The maximum absolute atomic E-state index is 10.5. The standard InChI is InChI=1S/C6H11NO3/c7-3-6(8)10-4-5-1-2-9-5/h5H,1-4,7H2. The Morgan fingerprint density at radius 2 is 2.50 bits per heavy atom. The van der Waals surface area contributed by atoms with Crippen LogP contribution in [0.2, 0.25) is 0 Å². The summed E-state index contributed by atoms with van der Waals surface area (Å²) >= 11 is 0. The van der Waals surface area contributed by atoms with E-state index in [1.54, 1.807) is 0 Å². The van der Waals surface area contributed by atoms with Crippen molar-refractivity contribution < 1.29 is 14.3 Å². The maximum atomic E-state index is 10.5. The molecular formula is C6H11NO3.